The molecule has 2 aromatic rings. The molecule has 0 aromatic heterocycles. The number of para-hydroxylation sites is 1. The van der Waals surface area contributed by atoms with Gasteiger partial charge in [-0.3, -0.25) is 4.79 Å². The van der Waals surface area contributed by atoms with Crippen molar-refractivity contribution in [3.63, 3.8) is 0 Å². The van der Waals surface area contributed by atoms with Crippen molar-refractivity contribution in [3.05, 3.63) is 65.2 Å². The summed E-state index contributed by atoms with van der Waals surface area (Å²) >= 11 is 0. The average Bonchev–Trinajstić information content (AvgIpc) is 2.64. The highest BCUT2D eigenvalue weighted by Gasteiger charge is 2.08. The summed E-state index contributed by atoms with van der Waals surface area (Å²) in [7, 11) is 0. The molecule has 0 spiro atoms. The second kappa shape index (κ2) is 11.4. The van der Waals surface area contributed by atoms with Crippen LogP contribution in [0.2, 0.25) is 0 Å². The predicted octanol–water partition coefficient (Wildman–Crippen LogP) is 2.44. The van der Waals surface area contributed by atoms with E-state index in [4.69, 9.17) is 19.8 Å². The lowest BCUT2D eigenvalue weighted by Gasteiger charge is -2.13. The van der Waals surface area contributed by atoms with Gasteiger partial charge in [0.05, 0.1) is 6.54 Å². The van der Waals surface area contributed by atoms with Crippen LogP contribution in [0.25, 0.3) is 0 Å². The van der Waals surface area contributed by atoms with E-state index in [0.717, 1.165) is 17.7 Å². The first-order valence-electron chi connectivity index (χ1n) is 8.44. The molecule has 144 valence electrons. The van der Waals surface area contributed by atoms with Crippen molar-refractivity contribution in [2.75, 3.05) is 11.9 Å². The maximum atomic E-state index is 12.0. The van der Waals surface area contributed by atoms with Crippen molar-refractivity contribution in [2.24, 2.45) is 0 Å². The summed E-state index contributed by atoms with van der Waals surface area (Å²) in [5, 5.41) is 21.0. The van der Waals surface area contributed by atoms with Gasteiger partial charge in [0.15, 0.2) is 0 Å². The quantitative estimate of drug-likeness (QED) is 0.579. The SMILES string of the molecule is CCc1cccc(C)c1NC(=O)CNCc1ccccc1.O=C(O)C(=O)O. The molecule has 1 amide bonds. The van der Waals surface area contributed by atoms with Gasteiger partial charge < -0.3 is 20.8 Å². The zero-order valence-electron chi connectivity index (χ0n) is 15.4. The predicted molar refractivity (Wildman–Crippen MR) is 103 cm³/mol. The Balaban J connectivity index is 0.000000527. The van der Waals surface area contributed by atoms with Gasteiger partial charge in [-0.2, -0.15) is 0 Å². The van der Waals surface area contributed by atoms with Crippen LogP contribution in [0, 0.1) is 6.92 Å². The number of aryl methyl sites for hydroxylation is 2. The topological polar surface area (TPSA) is 116 Å². The van der Waals surface area contributed by atoms with Crippen LogP contribution in [0.1, 0.15) is 23.6 Å². The Morgan fingerprint density at radius 2 is 1.56 bits per heavy atom. The molecule has 0 aliphatic rings. The van der Waals surface area contributed by atoms with E-state index in [1.807, 2.05) is 49.4 Å². The zero-order valence-corrected chi connectivity index (χ0v) is 15.4. The molecule has 0 aliphatic carbocycles. The van der Waals surface area contributed by atoms with E-state index in [2.05, 4.69) is 23.6 Å². The summed E-state index contributed by atoms with van der Waals surface area (Å²) in [6, 6.07) is 16.2. The van der Waals surface area contributed by atoms with Crippen LogP contribution in [0.15, 0.2) is 48.5 Å². The van der Waals surface area contributed by atoms with Crippen molar-refractivity contribution in [2.45, 2.75) is 26.8 Å². The minimum Gasteiger partial charge on any atom is -0.473 e. The smallest absolute Gasteiger partial charge is 0.414 e. The molecule has 2 rings (SSSR count). The third-order valence-corrected chi connectivity index (χ3v) is 3.64. The number of carboxylic acids is 2. The van der Waals surface area contributed by atoms with Gasteiger partial charge >= 0.3 is 11.9 Å². The highest BCUT2D eigenvalue weighted by Crippen LogP contribution is 2.20. The highest BCUT2D eigenvalue weighted by molar-refractivity contribution is 6.27. The Morgan fingerprint density at radius 1 is 0.926 bits per heavy atom. The minimum absolute atomic E-state index is 0.00469. The highest BCUT2D eigenvalue weighted by atomic mass is 16.4. The lowest BCUT2D eigenvalue weighted by Crippen LogP contribution is -2.28. The van der Waals surface area contributed by atoms with E-state index in [-0.39, 0.29) is 5.91 Å². The van der Waals surface area contributed by atoms with E-state index in [9.17, 15) is 4.79 Å². The van der Waals surface area contributed by atoms with Crippen molar-refractivity contribution in [1.82, 2.24) is 5.32 Å². The molecule has 7 heteroatoms. The summed E-state index contributed by atoms with van der Waals surface area (Å²) in [4.78, 5) is 30.2. The van der Waals surface area contributed by atoms with Gasteiger partial charge in [-0.25, -0.2) is 9.59 Å². The monoisotopic (exact) mass is 372 g/mol. The molecule has 0 aliphatic heterocycles. The minimum atomic E-state index is -1.82. The van der Waals surface area contributed by atoms with Crippen LogP contribution in [-0.4, -0.2) is 34.6 Å². The molecule has 7 nitrogen and oxygen atoms in total. The molecule has 0 atom stereocenters. The second-order valence-corrected chi connectivity index (χ2v) is 5.71. The fourth-order valence-corrected chi connectivity index (χ4v) is 2.30. The van der Waals surface area contributed by atoms with E-state index in [1.54, 1.807) is 0 Å². The van der Waals surface area contributed by atoms with E-state index in [0.29, 0.717) is 13.1 Å². The first kappa shape index (κ1) is 21.9. The Morgan fingerprint density at radius 3 is 2.11 bits per heavy atom. The Labute approximate surface area is 158 Å². The number of carbonyl (C=O) groups is 3. The van der Waals surface area contributed by atoms with Gasteiger partial charge in [-0.05, 0) is 30.0 Å². The van der Waals surface area contributed by atoms with Crippen molar-refractivity contribution < 1.29 is 24.6 Å². The lowest BCUT2D eigenvalue weighted by molar-refractivity contribution is -0.159. The Hall–Kier alpha value is -3.19. The third kappa shape index (κ3) is 8.15. The van der Waals surface area contributed by atoms with E-state index in [1.165, 1.54) is 11.1 Å². The standard InChI is InChI=1S/C18H22N2O.C2H2O4/c1-3-16-11-7-8-14(2)18(16)20-17(21)13-19-12-15-9-5-4-6-10-15;3-1(4)2(5)6/h4-11,19H,3,12-13H2,1-2H3,(H,20,21);(H,3,4)(H,5,6). The molecule has 2 aromatic carbocycles. The first-order valence-corrected chi connectivity index (χ1v) is 8.44. The van der Waals surface area contributed by atoms with Crippen molar-refractivity contribution >= 4 is 23.5 Å². The van der Waals surface area contributed by atoms with Gasteiger partial charge in [0.1, 0.15) is 0 Å². The van der Waals surface area contributed by atoms with Crippen molar-refractivity contribution in [1.29, 1.82) is 0 Å². The summed E-state index contributed by atoms with van der Waals surface area (Å²) in [6.07, 6.45) is 0.911. The van der Waals surface area contributed by atoms with Gasteiger partial charge in [0.25, 0.3) is 0 Å². The number of carbonyl (C=O) groups excluding carboxylic acids is 1. The fourth-order valence-electron chi connectivity index (χ4n) is 2.30. The van der Waals surface area contributed by atoms with E-state index >= 15 is 0 Å². The third-order valence-electron chi connectivity index (χ3n) is 3.64. The first-order chi connectivity index (χ1) is 12.8. The maximum absolute atomic E-state index is 12.0. The van der Waals surface area contributed by atoms with Crippen LogP contribution < -0.4 is 10.6 Å². The summed E-state index contributed by atoms with van der Waals surface area (Å²) < 4.78 is 0. The van der Waals surface area contributed by atoms with Crippen LogP contribution in [0.4, 0.5) is 5.69 Å². The summed E-state index contributed by atoms with van der Waals surface area (Å²) in [5.74, 6) is -3.65. The average molecular weight is 372 g/mol. The number of hydrogen-bond acceptors (Lipinski definition) is 4. The maximum Gasteiger partial charge on any atom is 0.414 e. The Kier molecular flexibility index (Phi) is 9.25. The molecule has 0 bridgehead atoms. The van der Waals surface area contributed by atoms with Gasteiger partial charge in [-0.15, -0.1) is 0 Å². The molecule has 0 heterocycles. The van der Waals surface area contributed by atoms with Crippen LogP contribution >= 0.6 is 0 Å². The van der Waals surface area contributed by atoms with Crippen LogP contribution in [-0.2, 0) is 27.3 Å². The molecule has 0 radical (unpaired) electrons. The molecule has 27 heavy (non-hydrogen) atoms. The fraction of sp³-hybridized carbons (Fsp3) is 0.250. The number of amides is 1. The molecule has 0 saturated heterocycles. The second-order valence-electron chi connectivity index (χ2n) is 5.71. The zero-order chi connectivity index (χ0) is 20.2. The number of anilines is 1. The number of nitrogens with one attached hydrogen (secondary N) is 2. The molecular weight excluding hydrogens is 348 g/mol. The Bertz CT molecular complexity index is 763. The van der Waals surface area contributed by atoms with Gasteiger partial charge in [0.2, 0.25) is 5.91 Å². The van der Waals surface area contributed by atoms with E-state index < -0.39 is 11.9 Å². The number of benzene rings is 2. The van der Waals surface area contributed by atoms with Gasteiger partial charge in [-0.1, -0.05) is 55.5 Å². The molecule has 0 saturated carbocycles. The molecular formula is C20H24N2O5. The van der Waals surface area contributed by atoms with Crippen LogP contribution in [0.3, 0.4) is 0 Å². The van der Waals surface area contributed by atoms with Crippen LogP contribution in [0.5, 0.6) is 0 Å². The largest absolute Gasteiger partial charge is 0.473 e. The number of rotatable bonds is 6. The summed E-state index contributed by atoms with van der Waals surface area (Å²) in [5.41, 5.74) is 4.40. The molecule has 4 N–H and O–H groups in total. The molecule has 0 unspecified atom stereocenters. The molecule has 0 fully saturated rings. The lowest BCUT2D eigenvalue weighted by atomic mass is 10.1. The normalized spacial score (nSPS) is 9.70. The van der Waals surface area contributed by atoms with Gasteiger partial charge in [0, 0.05) is 12.2 Å². The number of aliphatic carboxylic acids is 2. The number of carboxylic acid groups (broad SMARTS) is 2. The number of hydrogen-bond donors (Lipinski definition) is 4. The van der Waals surface area contributed by atoms with Crippen molar-refractivity contribution in [3.8, 4) is 0 Å². The summed E-state index contributed by atoms with van der Waals surface area (Å²) in [6.45, 7) is 5.12.